The number of fused-ring (bicyclic) bond motifs is 2. The van der Waals surface area contributed by atoms with Crippen LogP contribution in [0.2, 0.25) is 0 Å². The molecule has 0 radical (unpaired) electrons. The molecule has 0 atom stereocenters. The Bertz CT molecular complexity index is 1150. The summed E-state index contributed by atoms with van der Waals surface area (Å²) in [6.45, 7) is 4.00. The molecule has 29 heavy (non-hydrogen) atoms. The van der Waals surface area contributed by atoms with Crippen LogP contribution < -0.4 is 0 Å². The van der Waals surface area contributed by atoms with Gasteiger partial charge in [-0.3, -0.25) is 4.90 Å². The van der Waals surface area contributed by atoms with E-state index in [1.165, 1.54) is 0 Å². The fourth-order valence-corrected chi connectivity index (χ4v) is 3.77. The van der Waals surface area contributed by atoms with Gasteiger partial charge in [0, 0.05) is 24.0 Å². The van der Waals surface area contributed by atoms with Crippen molar-refractivity contribution in [3.05, 3.63) is 76.5 Å². The van der Waals surface area contributed by atoms with Crippen molar-refractivity contribution >= 4 is 34.5 Å². The Balaban J connectivity index is 1.91. The van der Waals surface area contributed by atoms with Crippen molar-refractivity contribution in [3.63, 3.8) is 0 Å². The Hall–Kier alpha value is -3.51. The van der Waals surface area contributed by atoms with Crippen LogP contribution in [0.15, 0.2) is 48.5 Å². The highest BCUT2D eigenvalue weighted by Gasteiger charge is 2.27. The standard InChI is InChI=1S/C23H20N2O4/c1-2-25-12-16(11-14-7-9-15(10-8-14)22(26)27)21-18(13-25)20(23(28)29)17-5-3-4-6-19(17)24-21/h3-11H,2,12-13H2,1H3,(H,26,27)(H,28,29). The molecule has 0 saturated heterocycles. The predicted octanol–water partition coefficient (Wildman–Crippen LogP) is 4.01. The van der Waals surface area contributed by atoms with Crippen LogP contribution in [0.4, 0.5) is 0 Å². The molecule has 2 heterocycles. The van der Waals surface area contributed by atoms with Gasteiger partial charge in [0.05, 0.1) is 22.3 Å². The lowest BCUT2D eigenvalue weighted by atomic mass is 9.92. The average Bonchev–Trinajstić information content (AvgIpc) is 2.72. The van der Waals surface area contributed by atoms with Gasteiger partial charge in [0.1, 0.15) is 0 Å². The SMILES string of the molecule is CCN1CC(=Cc2ccc(C(=O)O)cc2)c2nc3ccccc3c(C(=O)O)c2C1. The summed E-state index contributed by atoms with van der Waals surface area (Å²) >= 11 is 0. The molecule has 0 amide bonds. The van der Waals surface area contributed by atoms with Crippen molar-refractivity contribution in [1.29, 1.82) is 0 Å². The molecule has 0 saturated carbocycles. The van der Waals surface area contributed by atoms with Crippen LogP contribution >= 0.6 is 0 Å². The molecule has 0 bridgehead atoms. The molecule has 1 aliphatic rings. The number of hydrogen-bond acceptors (Lipinski definition) is 4. The number of nitrogens with zero attached hydrogens (tertiary/aromatic N) is 2. The second-order valence-electron chi connectivity index (χ2n) is 7.04. The van der Waals surface area contributed by atoms with Crippen molar-refractivity contribution in [2.24, 2.45) is 0 Å². The molecule has 3 aromatic rings. The van der Waals surface area contributed by atoms with Gasteiger partial charge in [-0.05, 0) is 42.0 Å². The fraction of sp³-hybridized carbons (Fsp3) is 0.174. The van der Waals surface area contributed by atoms with Crippen molar-refractivity contribution in [2.75, 3.05) is 13.1 Å². The third kappa shape index (κ3) is 3.50. The molecule has 1 aliphatic heterocycles. The Labute approximate surface area is 167 Å². The third-order valence-electron chi connectivity index (χ3n) is 5.23. The number of carboxylic acid groups (broad SMARTS) is 2. The molecule has 2 N–H and O–H groups in total. The van der Waals surface area contributed by atoms with E-state index >= 15 is 0 Å². The second-order valence-corrected chi connectivity index (χ2v) is 7.04. The maximum atomic E-state index is 12.1. The first-order chi connectivity index (χ1) is 14.0. The minimum absolute atomic E-state index is 0.226. The van der Waals surface area contributed by atoms with Gasteiger partial charge in [-0.2, -0.15) is 0 Å². The molecule has 1 aromatic heterocycles. The van der Waals surface area contributed by atoms with Crippen molar-refractivity contribution < 1.29 is 19.8 Å². The number of likely N-dealkylation sites (N-methyl/N-ethyl adjacent to an activating group) is 1. The number of rotatable bonds is 4. The van der Waals surface area contributed by atoms with E-state index in [4.69, 9.17) is 10.1 Å². The highest BCUT2D eigenvalue weighted by Crippen LogP contribution is 2.34. The van der Waals surface area contributed by atoms with Crippen LogP contribution in [0.5, 0.6) is 0 Å². The number of benzene rings is 2. The average molecular weight is 388 g/mol. The number of para-hydroxylation sites is 1. The van der Waals surface area contributed by atoms with Crippen molar-refractivity contribution in [2.45, 2.75) is 13.5 Å². The number of carboxylic acids is 2. The molecule has 4 rings (SSSR count). The highest BCUT2D eigenvalue weighted by atomic mass is 16.4. The molecule has 6 heteroatoms. The zero-order valence-electron chi connectivity index (χ0n) is 15.9. The summed E-state index contributed by atoms with van der Waals surface area (Å²) in [5, 5.41) is 19.7. The summed E-state index contributed by atoms with van der Waals surface area (Å²) in [7, 11) is 0. The van der Waals surface area contributed by atoms with Crippen LogP contribution in [0.25, 0.3) is 22.6 Å². The van der Waals surface area contributed by atoms with Crippen molar-refractivity contribution in [3.8, 4) is 0 Å². The predicted molar refractivity (Wildman–Crippen MR) is 111 cm³/mol. The van der Waals surface area contributed by atoms with Crippen molar-refractivity contribution in [1.82, 2.24) is 9.88 Å². The zero-order chi connectivity index (χ0) is 20.5. The van der Waals surface area contributed by atoms with Crippen LogP contribution in [0.1, 0.15) is 44.5 Å². The number of aromatic carboxylic acids is 2. The zero-order valence-corrected chi connectivity index (χ0v) is 15.9. The first-order valence-corrected chi connectivity index (χ1v) is 9.39. The third-order valence-corrected chi connectivity index (χ3v) is 5.23. The smallest absolute Gasteiger partial charge is 0.336 e. The topological polar surface area (TPSA) is 90.7 Å². The van der Waals surface area contributed by atoms with Crippen LogP contribution in [0.3, 0.4) is 0 Å². The fourth-order valence-electron chi connectivity index (χ4n) is 3.77. The molecular formula is C23H20N2O4. The summed E-state index contributed by atoms with van der Waals surface area (Å²) in [6.07, 6.45) is 1.96. The molecule has 146 valence electrons. The van der Waals surface area contributed by atoms with Gasteiger partial charge in [0.25, 0.3) is 0 Å². The van der Waals surface area contributed by atoms with Gasteiger partial charge < -0.3 is 10.2 Å². The molecule has 0 spiro atoms. The Morgan fingerprint density at radius 3 is 2.41 bits per heavy atom. The lowest BCUT2D eigenvalue weighted by Gasteiger charge is -2.30. The number of carbonyl (C=O) groups is 2. The Morgan fingerprint density at radius 2 is 1.76 bits per heavy atom. The van der Waals surface area contributed by atoms with Crippen LogP contribution in [0, 0.1) is 0 Å². The second kappa shape index (κ2) is 7.48. The van der Waals surface area contributed by atoms with Gasteiger partial charge in [-0.1, -0.05) is 37.3 Å². The monoisotopic (exact) mass is 388 g/mol. The van der Waals surface area contributed by atoms with E-state index in [-0.39, 0.29) is 5.56 Å². The van der Waals surface area contributed by atoms with E-state index in [1.807, 2.05) is 31.2 Å². The molecule has 6 nitrogen and oxygen atoms in total. The van der Waals surface area contributed by atoms with E-state index in [2.05, 4.69) is 4.90 Å². The maximum absolute atomic E-state index is 12.1. The lowest BCUT2D eigenvalue weighted by Crippen LogP contribution is -2.31. The first kappa shape index (κ1) is 18.8. The molecule has 0 fully saturated rings. The van der Waals surface area contributed by atoms with E-state index in [0.717, 1.165) is 23.2 Å². The summed E-state index contributed by atoms with van der Waals surface area (Å²) < 4.78 is 0. The normalized spacial score (nSPS) is 15.4. The highest BCUT2D eigenvalue weighted by molar-refractivity contribution is 6.06. The van der Waals surface area contributed by atoms with E-state index in [0.29, 0.717) is 35.2 Å². The van der Waals surface area contributed by atoms with Gasteiger partial charge in [0.2, 0.25) is 0 Å². The largest absolute Gasteiger partial charge is 0.478 e. The van der Waals surface area contributed by atoms with Gasteiger partial charge in [-0.25, -0.2) is 14.6 Å². The minimum Gasteiger partial charge on any atom is -0.478 e. The molecular weight excluding hydrogens is 368 g/mol. The van der Waals surface area contributed by atoms with E-state index in [9.17, 15) is 14.7 Å². The van der Waals surface area contributed by atoms with E-state index < -0.39 is 11.9 Å². The number of aromatic nitrogens is 1. The number of pyridine rings is 1. The lowest BCUT2D eigenvalue weighted by molar-refractivity contribution is 0.0685. The van der Waals surface area contributed by atoms with Crippen LogP contribution in [-0.4, -0.2) is 45.1 Å². The van der Waals surface area contributed by atoms with Gasteiger partial charge >= 0.3 is 11.9 Å². The summed E-state index contributed by atoms with van der Waals surface area (Å²) in [5.74, 6) is -1.92. The molecule has 0 aliphatic carbocycles. The van der Waals surface area contributed by atoms with Gasteiger partial charge in [0.15, 0.2) is 0 Å². The number of hydrogen-bond donors (Lipinski definition) is 2. The molecule has 0 unspecified atom stereocenters. The maximum Gasteiger partial charge on any atom is 0.336 e. The summed E-state index contributed by atoms with van der Waals surface area (Å²) in [4.78, 5) is 30.2. The van der Waals surface area contributed by atoms with Gasteiger partial charge in [-0.15, -0.1) is 0 Å². The summed E-state index contributed by atoms with van der Waals surface area (Å²) in [6, 6.07) is 13.9. The molecule has 2 aromatic carbocycles. The van der Waals surface area contributed by atoms with E-state index in [1.54, 1.807) is 30.3 Å². The van der Waals surface area contributed by atoms with Crippen LogP contribution in [-0.2, 0) is 6.54 Å². The Morgan fingerprint density at radius 1 is 1.03 bits per heavy atom. The first-order valence-electron chi connectivity index (χ1n) is 9.39. The quantitative estimate of drug-likeness (QED) is 0.702. The Kier molecular flexibility index (Phi) is 4.86. The summed E-state index contributed by atoms with van der Waals surface area (Å²) in [5.41, 5.74) is 4.37. The minimum atomic E-state index is -0.969.